The van der Waals surface area contributed by atoms with Gasteiger partial charge in [-0.2, -0.15) is 0 Å². The van der Waals surface area contributed by atoms with Crippen LogP contribution in [0.1, 0.15) is 89.1 Å². The SMILES string of the molecule is CC1=Cc2c(-c3cccc4ccccc34)cccc2[CH]1[Zr](=[SiH2])([c]1ccccc1)([c]1ccccc1)[CH]1c2cc(C(C)(C)C)ccc2-c2ccc(C(C)(C)C)cc21.Cl.Cl. The Balaban J connectivity index is 0.00000248. The Labute approximate surface area is 355 Å². The Morgan fingerprint density at radius 2 is 0.930 bits per heavy atom. The zero-order valence-electron chi connectivity index (χ0n) is 34.3. The molecule has 1 unspecified atom stereocenters. The van der Waals surface area contributed by atoms with Gasteiger partial charge >= 0.3 is 333 Å². The van der Waals surface area contributed by atoms with Crippen LogP contribution < -0.4 is 6.54 Å². The minimum absolute atomic E-state index is 0. The van der Waals surface area contributed by atoms with Crippen LogP contribution in [-0.4, -0.2) is 6.88 Å². The van der Waals surface area contributed by atoms with E-state index < -0.39 is 17.4 Å². The van der Waals surface area contributed by atoms with Gasteiger partial charge in [-0.05, 0) is 0 Å². The molecule has 0 spiro atoms. The maximum absolute atomic E-state index is 4.90. The van der Waals surface area contributed by atoms with Crippen molar-refractivity contribution in [2.24, 2.45) is 0 Å². The molecular weight excluding hydrogens is 827 g/mol. The number of benzene rings is 7. The molecule has 7 aromatic carbocycles. The first kappa shape index (κ1) is 41.4. The van der Waals surface area contributed by atoms with Crippen molar-refractivity contribution < 1.29 is 17.4 Å². The average molecular weight is 881 g/mol. The van der Waals surface area contributed by atoms with Crippen molar-refractivity contribution in [1.29, 1.82) is 0 Å². The van der Waals surface area contributed by atoms with Crippen LogP contribution in [0.2, 0.25) is 0 Å². The van der Waals surface area contributed by atoms with E-state index in [1.165, 1.54) is 72.0 Å². The van der Waals surface area contributed by atoms with Crippen LogP contribution in [0.5, 0.6) is 0 Å². The van der Waals surface area contributed by atoms with E-state index in [2.05, 4.69) is 219 Å². The smallest absolute Gasteiger partial charge is 0.147 e. The zero-order valence-corrected chi connectivity index (χ0v) is 39.8. The molecule has 0 nitrogen and oxygen atoms in total. The summed E-state index contributed by atoms with van der Waals surface area (Å²) in [7, 11) is 0. The van der Waals surface area contributed by atoms with Crippen LogP contribution in [0, 0.1) is 0 Å². The molecule has 0 aliphatic heterocycles. The molecule has 57 heavy (non-hydrogen) atoms. The van der Waals surface area contributed by atoms with Gasteiger partial charge in [0.2, 0.25) is 0 Å². The summed E-state index contributed by atoms with van der Waals surface area (Å²) in [4.78, 5) is 0. The van der Waals surface area contributed by atoms with E-state index >= 15 is 0 Å². The number of rotatable bonds is 5. The molecule has 0 saturated heterocycles. The Kier molecular flexibility index (Phi) is 10.7. The van der Waals surface area contributed by atoms with Crippen LogP contribution in [0.15, 0.2) is 163 Å². The molecule has 0 heterocycles. The minimum Gasteiger partial charge on any atom is -0.147 e. The molecule has 1 atom stereocenters. The summed E-state index contributed by atoms with van der Waals surface area (Å²) in [6.45, 7) is 19.1. The topological polar surface area (TPSA) is 0 Å². The largest absolute Gasteiger partial charge is 0.147 e. The Hall–Kier alpha value is -3.78. The molecule has 7 aromatic rings. The normalized spacial score (nSPS) is 15.2. The van der Waals surface area contributed by atoms with Crippen molar-refractivity contribution in [3.05, 3.63) is 197 Å². The Morgan fingerprint density at radius 1 is 0.456 bits per heavy atom. The van der Waals surface area contributed by atoms with E-state index in [1.54, 1.807) is 6.54 Å². The standard InChI is InChI=1S/C21H25.C20H15.2C6H5.2ClH.H2Si.Zr/c1-20(2,3)16-7-9-18-14(12-16)11-15-13-17(21(4,5)6)8-10-19(15)18;1-14-12-16-8-5-11-19(20(16)13-14)18-10-4-7-15-6-2-3-9-17(15)18;2*1-2-4-6-5-3-1;;;;/h7-13H,1-6H3;2-13H,1H3;2*1-5H;2*1H;1H2;. The average Bonchev–Trinajstić information content (AvgIpc) is 3.72. The summed E-state index contributed by atoms with van der Waals surface area (Å²) >= 11 is -4.90. The third-order valence-corrected chi connectivity index (χ3v) is 41.2. The molecular formula is C53H54Cl2SiZr. The van der Waals surface area contributed by atoms with Crippen molar-refractivity contribution in [1.82, 2.24) is 0 Å². The molecule has 2 aliphatic carbocycles. The van der Waals surface area contributed by atoms with Crippen LogP contribution >= 0.6 is 24.8 Å². The second-order valence-electron chi connectivity index (χ2n) is 18.6. The molecule has 0 fully saturated rings. The third kappa shape index (κ3) is 6.25. The monoisotopic (exact) mass is 878 g/mol. The van der Waals surface area contributed by atoms with Crippen molar-refractivity contribution in [2.45, 2.75) is 66.5 Å². The molecule has 0 radical (unpaired) electrons. The summed E-state index contributed by atoms with van der Waals surface area (Å²) in [5.74, 6) is 0. The fourth-order valence-corrected chi connectivity index (χ4v) is 38.8. The van der Waals surface area contributed by atoms with Gasteiger partial charge in [0.1, 0.15) is 0 Å². The molecule has 9 rings (SSSR count). The van der Waals surface area contributed by atoms with Gasteiger partial charge < -0.3 is 0 Å². The van der Waals surface area contributed by atoms with E-state index in [0.717, 1.165) is 0 Å². The van der Waals surface area contributed by atoms with E-state index in [4.69, 9.17) is 0 Å². The van der Waals surface area contributed by atoms with E-state index in [1.807, 2.05) is 0 Å². The van der Waals surface area contributed by atoms with Gasteiger partial charge in [0.25, 0.3) is 0 Å². The third-order valence-electron chi connectivity index (χ3n) is 13.3. The molecule has 0 amide bonds. The molecule has 0 bridgehead atoms. The number of allylic oxidation sites excluding steroid dienone is 1. The van der Waals surface area contributed by atoms with Crippen molar-refractivity contribution in [2.75, 3.05) is 0 Å². The summed E-state index contributed by atoms with van der Waals surface area (Å²) in [5, 5.41) is 2.59. The number of hydrogen-bond acceptors (Lipinski definition) is 0. The summed E-state index contributed by atoms with van der Waals surface area (Å²) < 4.78 is 3.58. The van der Waals surface area contributed by atoms with Crippen molar-refractivity contribution in [3.63, 3.8) is 0 Å². The van der Waals surface area contributed by atoms with Gasteiger partial charge in [-0.15, -0.1) is 24.8 Å². The van der Waals surface area contributed by atoms with Crippen LogP contribution in [0.25, 0.3) is 39.1 Å². The first-order valence-corrected chi connectivity index (χ1v) is 31.2. The summed E-state index contributed by atoms with van der Waals surface area (Å²) in [5.41, 5.74) is 15.8. The second kappa shape index (κ2) is 14.8. The minimum atomic E-state index is -4.90. The predicted octanol–water partition coefficient (Wildman–Crippen LogP) is 13.1. The first-order chi connectivity index (χ1) is 26.3. The Morgan fingerprint density at radius 3 is 1.47 bits per heavy atom. The number of halogens is 2. The maximum atomic E-state index is 2.63. The Bertz CT molecular complexity index is 2640. The van der Waals surface area contributed by atoms with Crippen molar-refractivity contribution >= 4 is 55.1 Å². The van der Waals surface area contributed by atoms with Crippen LogP contribution in [0.4, 0.5) is 0 Å². The molecule has 2 aliphatic rings. The molecule has 0 N–H and O–H groups in total. The van der Waals surface area contributed by atoms with Gasteiger partial charge in [-0.25, -0.2) is 0 Å². The van der Waals surface area contributed by atoms with Gasteiger partial charge in [0.15, 0.2) is 0 Å². The first-order valence-electron chi connectivity index (χ1n) is 20.0. The van der Waals surface area contributed by atoms with Gasteiger partial charge in [-0.1, -0.05) is 0 Å². The summed E-state index contributed by atoms with van der Waals surface area (Å²) in [6, 6.07) is 61.6. The fraction of sp³-hybridized carbons (Fsp3) is 0.208. The number of fused-ring (bicyclic) bond motifs is 5. The maximum Gasteiger partial charge on any atom is -0.147 e. The van der Waals surface area contributed by atoms with E-state index in [0.29, 0.717) is 0 Å². The van der Waals surface area contributed by atoms with Gasteiger partial charge in [0, 0.05) is 0 Å². The summed E-state index contributed by atoms with van der Waals surface area (Å²) in [6.07, 6.45) is 2.58. The van der Waals surface area contributed by atoms with Gasteiger partial charge in [-0.3, -0.25) is 0 Å². The van der Waals surface area contributed by atoms with E-state index in [9.17, 15) is 0 Å². The molecule has 0 saturated carbocycles. The van der Waals surface area contributed by atoms with Crippen molar-refractivity contribution in [3.8, 4) is 22.3 Å². The second-order valence-corrected chi connectivity index (χ2v) is 41.3. The van der Waals surface area contributed by atoms with E-state index in [-0.39, 0.29) is 42.9 Å². The fourth-order valence-electron chi connectivity index (χ4n) is 10.7. The quantitative estimate of drug-likeness (QED) is 0.151. The zero-order chi connectivity index (χ0) is 38.4. The van der Waals surface area contributed by atoms with Crippen LogP contribution in [-0.2, 0) is 28.2 Å². The molecule has 4 heteroatoms. The molecule has 0 aromatic heterocycles. The molecule has 288 valence electrons. The number of hydrogen-bond donors (Lipinski definition) is 0. The predicted molar refractivity (Wildman–Crippen MR) is 252 cm³/mol. The van der Waals surface area contributed by atoms with Gasteiger partial charge in [0.05, 0.1) is 0 Å². The van der Waals surface area contributed by atoms with Crippen LogP contribution in [0.3, 0.4) is 0 Å².